The van der Waals surface area contributed by atoms with Crippen molar-refractivity contribution in [2.24, 2.45) is 0 Å². The van der Waals surface area contributed by atoms with E-state index in [4.69, 9.17) is 17.3 Å². The van der Waals surface area contributed by atoms with Crippen molar-refractivity contribution in [2.75, 3.05) is 11.1 Å². The smallest absolute Gasteiger partial charge is 0.0651 e. The molecule has 0 bridgehead atoms. The van der Waals surface area contributed by atoms with Crippen LogP contribution in [0.2, 0.25) is 5.02 Å². The fourth-order valence-corrected chi connectivity index (χ4v) is 2.43. The summed E-state index contributed by atoms with van der Waals surface area (Å²) in [5, 5.41) is 4.00. The number of nitrogen functional groups attached to an aromatic ring is 1. The van der Waals surface area contributed by atoms with Crippen molar-refractivity contribution in [3.63, 3.8) is 0 Å². The Balaban J connectivity index is 2.35. The van der Waals surface area contributed by atoms with Crippen molar-refractivity contribution < 1.29 is 0 Å². The molecule has 2 rings (SSSR count). The number of nitrogens with two attached hydrogens (primary N) is 1. The third-order valence-corrected chi connectivity index (χ3v) is 3.56. The highest BCUT2D eigenvalue weighted by molar-refractivity contribution is 14.1. The Morgan fingerprint density at radius 3 is 2.65 bits per heavy atom. The highest BCUT2D eigenvalue weighted by atomic mass is 127. The van der Waals surface area contributed by atoms with Gasteiger partial charge in [0, 0.05) is 14.9 Å². The lowest BCUT2D eigenvalue weighted by Gasteiger charge is -2.12. The summed E-state index contributed by atoms with van der Waals surface area (Å²) in [6, 6.07) is 11.7. The Bertz CT molecular complexity index is 555. The highest BCUT2D eigenvalue weighted by Gasteiger charge is 2.04. The molecular weight excluding hydrogens is 347 g/mol. The molecule has 2 nitrogen and oxygen atoms in total. The maximum absolute atomic E-state index is 6.17. The van der Waals surface area contributed by atoms with E-state index in [0.717, 1.165) is 26.2 Å². The molecule has 0 saturated carbocycles. The lowest BCUT2D eigenvalue weighted by atomic mass is 10.1. The van der Waals surface area contributed by atoms with E-state index in [1.54, 1.807) is 0 Å². The number of rotatable bonds is 2. The lowest BCUT2D eigenvalue weighted by Crippen LogP contribution is -1.97. The predicted octanol–water partition coefficient (Wildman–Crippen LogP) is 4.58. The standard InChI is InChI=1S/C13H12ClIN2/c1-8-11(16)3-2-4-12(8)17-13-6-5-9(15)7-10(13)14/h2-7,17H,16H2,1H3. The zero-order valence-corrected chi connectivity index (χ0v) is 12.2. The van der Waals surface area contributed by atoms with Gasteiger partial charge >= 0.3 is 0 Å². The van der Waals surface area contributed by atoms with Crippen molar-refractivity contribution in [3.8, 4) is 0 Å². The first-order valence-corrected chi connectivity index (χ1v) is 6.61. The summed E-state index contributed by atoms with van der Waals surface area (Å²) in [5.41, 5.74) is 9.54. The van der Waals surface area contributed by atoms with Gasteiger partial charge in [0.25, 0.3) is 0 Å². The monoisotopic (exact) mass is 358 g/mol. The number of hydrogen-bond acceptors (Lipinski definition) is 2. The van der Waals surface area contributed by atoms with E-state index in [-0.39, 0.29) is 0 Å². The van der Waals surface area contributed by atoms with Crippen LogP contribution in [0.15, 0.2) is 36.4 Å². The van der Waals surface area contributed by atoms with Crippen LogP contribution in [-0.4, -0.2) is 0 Å². The van der Waals surface area contributed by atoms with Crippen LogP contribution >= 0.6 is 34.2 Å². The summed E-state index contributed by atoms with van der Waals surface area (Å²) in [6.45, 7) is 1.98. The molecule has 0 fully saturated rings. The SMILES string of the molecule is Cc1c(N)cccc1Nc1ccc(I)cc1Cl. The second-order valence-electron chi connectivity index (χ2n) is 3.77. The van der Waals surface area contributed by atoms with Crippen LogP contribution in [-0.2, 0) is 0 Å². The molecule has 0 saturated heterocycles. The fourth-order valence-electron chi connectivity index (χ4n) is 1.52. The maximum Gasteiger partial charge on any atom is 0.0651 e. The summed E-state index contributed by atoms with van der Waals surface area (Å²) in [5.74, 6) is 0. The number of nitrogens with one attached hydrogen (secondary N) is 1. The van der Waals surface area contributed by atoms with Gasteiger partial charge in [0.2, 0.25) is 0 Å². The molecule has 0 aromatic heterocycles. The van der Waals surface area contributed by atoms with Gasteiger partial charge in [0.05, 0.1) is 10.7 Å². The Kier molecular flexibility index (Phi) is 3.79. The van der Waals surface area contributed by atoms with Gasteiger partial charge in [-0.1, -0.05) is 17.7 Å². The van der Waals surface area contributed by atoms with Gasteiger partial charge in [-0.3, -0.25) is 0 Å². The predicted molar refractivity (Wildman–Crippen MR) is 83.0 cm³/mol. The molecule has 88 valence electrons. The van der Waals surface area contributed by atoms with Crippen LogP contribution in [0.1, 0.15) is 5.56 Å². The van der Waals surface area contributed by atoms with E-state index < -0.39 is 0 Å². The molecule has 0 amide bonds. The first-order valence-electron chi connectivity index (χ1n) is 5.15. The summed E-state index contributed by atoms with van der Waals surface area (Å²) in [6.07, 6.45) is 0. The van der Waals surface area contributed by atoms with Crippen LogP contribution in [0.5, 0.6) is 0 Å². The Hall–Kier alpha value is -0.940. The number of hydrogen-bond donors (Lipinski definition) is 2. The molecule has 0 aliphatic heterocycles. The fraction of sp³-hybridized carbons (Fsp3) is 0.0769. The zero-order valence-electron chi connectivity index (χ0n) is 9.30. The van der Waals surface area contributed by atoms with Crippen LogP contribution in [0, 0.1) is 10.5 Å². The average Bonchev–Trinajstić information content (AvgIpc) is 2.28. The van der Waals surface area contributed by atoms with Gasteiger partial charge in [0.1, 0.15) is 0 Å². The minimum absolute atomic E-state index is 0.707. The third kappa shape index (κ3) is 2.84. The Morgan fingerprint density at radius 2 is 1.94 bits per heavy atom. The van der Waals surface area contributed by atoms with E-state index in [9.17, 15) is 0 Å². The molecule has 17 heavy (non-hydrogen) atoms. The van der Waals surface area contributed by atoms with Crippen molar-refractivity contribution >= 4 is 51.3 Å². The molecule has 4 heteroatoms. The summed E-state index contributed by atoms with van der Waals surface area (Å²) < 4.78 is 1.11. The summed E-state index contributed by atoms with van der Waals surface area (Å²) in [4.78, 5) is 0. The van der Waals surface area contributed by atoms with Crippen molar-refractivity contribution in [1.29, 1.82) is 0 Å². The normalized spacial score (nSPS) is 10.3. The Morgan fingerprint density at radius 1 is 1.18 bits per heavy atom. The maximum atomic E-state index is 6.17. The molecule has 0 radical (unpaired) electrons. The van der Waals surface area contributed by atoms with E-state index >= 15 is 0 Å². The average molecular weight is 359 g/mol. The topological polar surface area (TPSA) is 38.0 Å². The van der Waals surface area contributed by atoms with Gasteiger partial charge in [0.15, 0.2) is 0 Å². The molecular formula is C13H12ClIN2. The second-order valence-corrected chi connectivity index (χ2v) is 5.42. The molecule has 0 spiro atoms. The van der Waals surface area contributed by atoms with Crippen LogP contribution in [0.3, 0.4) is 0 Å². The number of benzene rings is 2. The van der Waals surface area contributed by atoms with Gasteiger partial charge in [-0.25, -0.2) is 0 Å². The molecule has 0 aliphatic carbocycles. The van der Waals surface area contributed by atoms with Crippen LogP contribution < -0.4 is 11.1 Å². The minimum Gasteiger partial charge on any atom is -0.398 e. The van der Waals surface area contributed by atoms with Crippen molar-refractivity contribution in [3.05, 3.63) is 50.6 Å². The molecule has 2 aromatic rings. The van der Waals surface area contributed by atoms with E-state index in [2.05, 4.69) is 27.9 Å². The van der Waals surface area contributed by atoms with E-state index in [1.807, 2.05) is 43.3 Å². The molecule has 0 aliphatic rings. The third-order valence-electron chi connectivity index (χ3n) is 2.58. The lowest BCUT2D eigenvalue weighted by molar-refractivity contribution is 1.43. The van der Waals surface area contributed by atoms with Gasteiger partial charge in [-0.05, 0) is 65.4 Å². The Labute approximate surface area is 119 Å². The van der Waals surface area contributed by atoms with Crippen LogP contribution in [0.4, 0.5) is 17.1 Å². The molecule has 2 aromatic carbocycles. The van der Waals surface area contributed by atoms with Gasteiger partial charge in [-0.15, -0.1) is 0 Å². The largest absolute Gasteiger partial charge is 0.398 e. The first kappa shape index (κ1) is 12.5. The first-order chi connectivity index (χ1) is 8.08. The van der Waals surface area contributed by atoms with Gasteiger partial charge in [-0.2, -0.15) is 0 Å². The van der Waals surface area contributed by atoms with Crippen LogP contribution in [0.25, 0.3) is 0 Å². The van der Waals surface area contributed by atoms with Crippen molar-refractivity contribution in [2.45, 2.75) is 6.92 Å². The highest BCUT2D eigenvalue weighted by Crippen LogP contribution is 2.29. The van der Waals surface area contributed by atoms with E-state index in [1.165, 1.54) is 0 Å². The van der Waals surface area contributed by atoms with Gasteiger partial charge < -0.3 is 11.1 Å². The molecule has 0 heterocycles. The van der Waals surface area contributed by atoms with E-state index in [0.29, 0.717) is 5.02 Å². The van der Waals surface area contributed by atoms with Crippen molar-refractivity contribution in [1.82, 2.24) is 0 Å². The summed E-state index contributed by atoms with van der Waals surface area (Å²) in [7, 11) is 0. The molecule has 0 unspecified atom stereocenters. The minimum atomic E-state index is 0.707. The number of anilines is 3. The second kappa shape index (κ2) is 5.14. The zero-order chi connectivity index (χ0) is 12.4. The quantitative estimate of drug-likeness (QED) is 0.609. The summed E-state index contributed by atoms with van der Waals surface area (Å²) >= 11 is 8.41. The molecule has 3 N–H and O–H groups in total. The molecule has 0 atom stereocenters. The number of halogens is 2.